The molecule has 1 heterocycles. The number of likely N-dealkylation sites (tertiary alicyclic amines) is 1. The number of benzene rings is 1. The maximum absolute atomic E-state index is 13.9. The van der Waals surface area contributed by atoms with Crippen LogP contribution >= 0.6 is 28.3 Å². The van der Waals surface area contributed by atoms with Gasteiger partial charge in [-0.05, 0) is 36.8 Å². The SMILES string of the molecule is Cl.NC1CCCC2CN(Cc3c(F)cccc3Br)CC12. The summed E-state index contributed by atoms with van der Waals surface area (Å²) in [5, 5.41) is 0. The average Bonchev–Trinajstić information content (AvgIpc) is 2.78. The Morgan fingerprint density at radius 2 is 2.10 bits per heavy atom. The van der Waals surface area contributed by atoms with Crippen LogP contribution < -0.4 is 5.73 Å². The summed E-state index contributed by atoms with van der Waals surface area (Å²) in [5.41, 5.74) is 7.00. The molecule has 1 aromatic carbocycles. The van der Waals surface area contributed by atoms with E-state index in [0.717, 1.165) is 29.5 Å². The van der Waals surface area contributed by atoms with Crippen LogP contribution in [0.2, 0.25) is 0 Å². The first-order valence-corrected chi connectivity index (χ1v) is 7.85. The molecule has 1 aromatic rings. The maximum Gasteiger partial charge on any atom is 0.128 e. The fraction of sp³-hybridized carbons (Fsp3) is 0.600. The average molecular weight is 364 g/mol. The molecule has 20 heavy (non-hydrogen) atoms. The first kappa shape index (κ1) is 16.2. The number of nitrogens with zero attached hydrogens (tertiary/aromatic N) is 1. The van der Waals surface area contributed by atoms with E-state index in [1.165, 1.54) is 18.9 Å². The van der Waals surface area contributed by atoms with Crippen LogP contribution in [0.15, 0.2) is 22.7 Å². The van der Waals surface area contributed by atoms with Crippen molar-refractivity contribution in [1.82, 2.24) is 4.90 Å². The third kappa shape index (κ3) is 3.19. The van der Waals surface area contributed by atoms with Crippen molar-refractivity contribution in [3.05, 3.63) is 34.1 Å². The van der Waals surface area contributed by atoms with Crippen molar-refractivity contribution in [3.63, 3.8) is 0 Å². The van der Waals surface area contributed by atoms with E-state index in [-0.39, 0.29) is 18.2 Å². The minimum atomic E-state index is -0.117. The van der Waals surface area contributed by atoms with Crippen LogP contribution in [0.5, 0.6) is 0 Å². The summed E-state index contributed by atoms with van der Waals surface area (Å²) < 4.78 is 14.7. The molecular weight excluding hydrogens is 343 g/mol. The Morgan fingerprint density at radius 3 is 2.80 bits per heavy atom. The summed E-state index contributed by atoms with van der Waals surface area (Å²) in [7, 11) is 0. The lowest BCUT2D eigenvalue weighted by molar-refractivity contribution is 0.259. The van der Waals surface area contributed by atoms with E-state index < -0.39 is 0 Å². The van der Waals surface area contributed by atoms with Crippen LogP contribution in [-0.2, 0) is 6.54 Å². The van der Waals surface area contributed by atoms with E-state index >= 15 is 0 Å². The second-order valence-electron chi connectivity index (χ2n) is 5.91. The number of nitrogens with two attached hydrogens (primary N) is 1. The smallest absolute Gasteiger partial charge is 0.128 e. The van der Waals surface area contributed by atoms with Crippen LogP contribution in [0.1, 0.15) is 24.8 Å². The fourth-order valence-electron chi connectivity index (χ4n) is 3.65. The molecule has 0 amide bonds. The van der Waals surface area contributed by atoms with Gasteiger partial charge in [0.25, 0.3) is 0 Å². The van der Waals surface area contributed by atoms with Crippen molar-refractivity contribution >= 4 is 28.3 Å². The Labute approximate surface area is 134 Å². The van der Waals surface area contributed by atoms with Crippen LogP contribution in [0.25, 0.3) is 0 Å². The summed E-state index contributed by atoms with van der Waals surface area (Å²) in [6.07, 6.45) is 3.69. The zero-order valence-corrected chi connectivity index (χ0v) is 13.8. The van der Waals surface area contributed by atoms with E-state index in [9.17, 15) is 4.39 Å². The van der Waals surface area contributed by atoms with Crippen LogP contribution in [0.4, 0.5) is 4.39 Å². The lowest BCUT2D eigenvalue weighted by atomic mass is 9.78. The van der Waals surface area contributed by atoms with Gasteiger partial charge in [-0.3, -0.25) is 4.90 Å². The number of halogens is 3. The molecule has 0 spiro atoms. The largest absolute Gasteiger partial charge is 0.327 e. The zero-order chi connectivity index (χ0) is 13.4. The highest BCUT2D eigenvalue weighted by molar-refractivity contribution is 9.10. The molecule has 3 rings (SSSR count). The minimum absolute atomic E-state index is 0. The summed E-state index contributed by atoms with van der Waals surface area (Å²) in [4.78, 5) is 2.36. The van der Waals surface area contributed by atoms with Crippen molar-refractivity contribution in [2.75, 3.05) is 13.1 Å². The summed E-state index contributed by atoms with van der Waals surface area (Å²) in [6, 6.07) is 5.53. The summed E-state index contributed by atoms with van der Waals surface area (Å²) in [5.74, 6) is 1.21. The normalized spacial score (nSPS) is 29.9. The molecule has 2 fully saturated rings. The molecule has 0 bridgehead atoms. The quantitative estimate of drug-likeness (QED) is 0.870. The number of hydrogen-bond donors (Lipinski definition) is 1. The van der Waals surface area contributed by atoms with Gasteiger partial charge in [0, 0.05) is 35.7 Å². The first-order valence-electron chi connectivity index (χ1n) is 7.06. The molecule has 3 unspecified atom stereocenters. The molecule has 2 aliphatic rings. The van der Waals surface area contributed by atoms with Gasteiger partial charge in [-0.25, -0.2) is 4.39 Å². The van der Waals surface area contributed by atoms with Crippen molar-refractivity contribution in [2.24, 2.45) is 17.6 Å². The number of hydrogen-bond acceptors (Lipinski definition) is 2. The van der Waals surface area contributed by atoms with Crippen molar-refractivity contribution in [1.29, 1.82) is 0 Å². The highest BCUT2D eigenvalue weighted by atomic mass is 79.9. The standard InChI is InChI=1S/C15H20BrFN2.ClH/c16-13-4-2-5-14(17)12(13)9-19-7-10-3-1-6-15(18)11(10)8-19;/h2,4-5,10-11,15H,1,3,6-9,18H2;1H. The van der Waals surface area contributed by atoms with Gasteiger partial charge in [0.15, 0.2) is 0 Å². The van der Waals surface area contributed by atoms with Gasteiger partial charge in [0.1, 0.15) is 5.82 Å². The summed E-state index contributed by atoms with van der Waals surface area (Å²) in [6.45, 7) is 2.78. The topological polar surface area (TPSA) is 29.3 Å². The van der Waals surface area contributed by atoms with E-state index in [1.54, 1.807) is 6.07 Å². The van der Waals surface area contributed by atoms with E-state index in [4.69, 9.17) is 5.73 Å². The molecule has 5 heteroatoms. The van der Waals surface area contributed by atoms with Crippen LogP contribution in [-0.4, -0.2) is 24.0 Å². The van der Waals surface area contributed by atoms with Crippen LogP contribution in [0, 0.1) is 17.7 Å². The molecule has 1 saturated heterocycles. The molecule has 1 aliphatic carbocycles. The maximum atomic E-state index is 13.9. The highest BCUT2D eigenvalue weighted by Gasteiger charge is 2.38. The lowest BCUT2D eigenvalue weighted by Crippen LogP contribution is -2.38. The van der Waals surface area contributed by atoms with E-state index in [1.807, 2.05) is 6.07 Å². The molecule has 2 N–H and O–H groups in total. The third-order valence-electron chi connectivity index (χ3n) is 4.67. The molecule has 112 valence electrons. The van der Waals surface area contributed by atoms with Gasteiger partial charge in [0.2, 0.25) is 0 Å². The predicted molar refractivity (Wildman–Crippen MR) is 85.4 cm³/mol. The van der Waals surface area contributed by atoms with Gasteiger partial charge in [-0.15, -0.1) is 12.4 Å². The van der Waals surface area contributed by atoms with Crippen molar-refractivity contribution < 1.29 is 4.39 Å². The highest BCUT2D eigenvalue weighted by Crippen LogP contribution is 2.36. The van der Waals surface area contributed by atoms with Crippen molar-refractivity contribution in [2.45, 2.75) is 31.8 Å². The van der Waals surface area contributed by atoms with Gasteiger partial charge >= 0.3 is 0 Å². The number of rotatable bonds is 2. The van der Waals surface area contributed by atoms with Gasteiger partial charge < -0.3 is 5.73 Å². The fourth-order valence-corrected chi connectivity index (χ4v) is 4.11. The lowest BCUT2D eigenvalue weighted by Gasteiger charge is -2.29. The molecule has 2 nitrogen and oxygen atoms in total. The van der Waals surface area contributed by atoms with Gasteiger partial charge in [0.05, 0.1) is 0 Å². The van der Waals surface area contributed by atoms with E-state index in [2.05, 4.69) is 20.8 Å². The molecule has 0 aromatic heterocycles. The van der Waals surface area contributed by atoms with Gasteiger partial charge in [-0.1, -0.05) is 28.4 Å². The van der Waals surface area contributed by atoms with E-state index in [0.29, 0.717) is 24.4 Å². The third-order valence-corrected chi connectivity index (χ3v) is 5.42. The molecule has 1 aliphatic heterocycles. The van der Waals surface area contributed by atoms with Crippen molar-refractivity contribution in [3.8, 4) is 0 Å². The van der Waals surface area contributed by atoms with Crippen LogP contribution in [0.3, 0.4) is 0 Å². The Bertz CT molecular complexity index is 451. The molecule has 0 radical (unpaired) electrons. The predicted octanol–water partition coefficient (Wildman–Crippen LogP) is 3.57. The Kier molecular flexibility index (Phi) is 5.46. The van der Waals surface area contributed by atoms with Gasteiger partial charge in [-0.2, -0.15) is 0 Å². The molecule has 1 saturated carbocycles. The monoisotopic (exact) mass is 362 g/mol. The zero-order valence-electron chi connectivity index (χ0n) is 11.4. The second kappa shape index (κ2) is 6.73. The Balaban J connectivity index is 0.00000147. The molecule has 3 atom stereocenters. The Hall–Kier alpha value is -0.160. The summed E-state index contributed by atoms with van der Waals surface area (Å²) >= 11 is 3.45. The number of fused-ring (bicyclic) bond motifs is 1. The minimum Gasteiger partial charge on any atom is -0.327 e. The first-order chi connectivity index (χ1) is 9.15. The molecular formula is C15H21BrClFN2. The Morgan fingerprint density at radius 1 is 1.30 bits per heavy atom. The second-order valence-corrected chi connectivity index (χ2v) is 6.77.